The monoisotopic (exact) mass is 214 g/mol. The van der Waals surface area contributed by atoms with Crippen molar-refractivity contribution in [2.24, 2.45) is 0 Å². The number of hydrogen-bond acceptors (Lipinski definition) is 0. The van der Waals surface area contributed by atoms with Gasteiger partial charge in [0.05, 0.1) is 0 Å². The molecule has 0 aromatic heterocycles. The molecule has 0 nitrogen and oxygen atoms in total. The van der Waals surface area contributed by atoms with Crippen LogP contribution in [0, 0.1) is 0 Å². The SMILES string of the molecule is CC(C)(C)[Se]c1ccccc1. The van der Waals surface area contributed by atoms with Crippen LogP contribution in [0.25, 0.3) is 0 Å². The summed E-state index contributed by atoms with van der Waals surface area (Å²) >= 11 is 0.605. The molecule has 1 rings (SSSR count). The molecule has 0 atom stereocenters. The molecule has 0 N–H and O–H groups in total. The zero-order chi connectivity index (χ0) is 8.32. The van der Waals surface area contributed by atoms with E-state index in [0.717, 1.165) is 0 Å². The Morgan fingerprint density at radius 3 is 2.00 bits per heavy atom. The molecular formula is C10H14Se. The normalized spacial score (nSPS) is 11.5. The van der Waals surface area contributed by atoms with Crippen molar-refractivity contribution in [3.63, 3.8) is 0 Å². The van der Waals surface area contributed by atoms with Crippen LogP contribution in [0.3, 0.4) is 0 Å². The zero-order valence-electron chi connectivity index (χ0n) is 7.29. The predicted molar refractivity (Wildman–Crippen MR) is 51.5 cm³/mol. The van der Waals surface area contributed by atoms with Gasteiger partial charge in [0.15, 0.2) is 0 Å². The molecule has 1 aromatic rings. The summed E-state index contributed by atoms with van der Waals surface area (Å²) in [6.07, 6.45) is 0. The molecule has 0 amide bonds. The quantitative estimate of drug-likeness (QED) is 0.627. The molecule has 0 heterocycles. The number of benzene rings is 1. The van der Waals surface area contributed by atoms with Crippen LogP contribution in [-0.4, -0.2) is 15.0 Å². The summed E-state index contributed by atoms with van der Waals surface area (Å²) in [5, 5.41) is 0. The van der Waals surface area contributed by atoms with E-state index in [1.54, 1.807) is 0 Å². The van der Waals surface area contributed by atoms with E-state index in [1.165, 1.54) is 4.46 Å². The third-order valence-corrected chi connectivity index (χ3v) is 3.52. The fraction of sp³-hybridized carbons (Fsp3) is 0.400. The Balaban J connectivity index is 2.66. The van der Waals surface area contributed by atoms with Gasteiger partial charge in [-0.05, 0) is 0 Å². The van der Waals surface area contributed by atoms with Gasteiger partial charge in [0.2, 0.25) is 0 Å². The van der Waals surface area contributed by atoms with E-state index in [1.807, 2.05) is 0 Å². The second kappa shape index (κ2) is 3.42. The Hall–Kier alpha value is -0.261. The van der Waals surface area contributed by atoms with Crippen molar-refractivity contribution in [3.05, 3.63) is 30.3 Å². The molecule has 0 unspecified atom stereocenters. The molecule has 0 saturated carbocycles. The minimum atomic E-state index is 0.467. The molecule has 0 aliphatic heterocycles. The van der Waals surface area contributed by atoms with Gasteiger partial charge in [0, 0.05) is 0 Å². The third kappa shape index (κ3) is 3.59. The maximum atomic E-state index is 2.29. The van der Waals surface area contributed by atoms with E-state index in [-0.39, 0.29) is 0 Å². The first-order chi connectivity index (χ1) is 5.08. The van der Waals surface area contributed by atoms with Gasteiger partial charge >= 0.3 is 74.8 Å². The van der Waals surface area contributed by atoms with E-state index >= 15 is 0 Å². The molecular weight excluding hydrogens is 199 g/mol. The third-order valence-electron chi connectivity index (χ3n) is 1.17. The molecule has 0 spiro atoms. The summed E-state index contributed by atoms with van der Waals surface area (Å²) in [6.45, 7) is 6.88. The summed E-state index contributed by atoms with van der Waals surface area (Å²) in [5.74, 6) is 0. The molecule has 0 aliphatic rings. The predicted octanol–water partition coefficient (Wildman–Crippen LogP) is 2.23. The summed E-state index contributed by atoms with van der Waals surface area (Å²) in [4.78, 5) is 0. The Labute approximate surface area is 75.2 Å². The Bertz CT molecular complexity index is 208. The van der Waals surface area contributed by atoms with Crippen LogP contribution in [0.2, 0.25) is 4.31 Å². The van der Waals surface area contributed by atoms with Crippen LogP contribution >= 0.6 is 0 Å². The van der Waals surface area contributed by atoms with Crippen LogP contribution < -0.4 is 4.46 Å². The van der Waals surface area contributed by atoms with Crippen LogP contribution in [0.4, 0.5) is 0 Å². The van der Waals surface area contributed by atoms with Crippen LogP contribution in [0.1, 0.15) is 20.8 Å². The second-order valence-electron chi connectivity index (χ2n) is 3.53. The Kier molecular flexibility index (Phi) is 2.75. The van der Waals surface area contributed by atoms with Gasteiger partial charge in [-0.3, -0.25) is 0 Å². The van der Waals surface area contributed by atoms with Crippen molar-refractivity contribution in [2.45, 2.75) is 25.1 Å². The first-order valence-corrected chi connectivity index (χ1v) is 5.53. The van der Waals surface area contributed by atoms with E-state index in [4.69, 9.17) is 0 Å². The van der Waals surface area contributed by atoms with Crippen molar-refractivity contribution in [1.29, 1.82) is 0 Å². The fourth-order valence-corrected chi connectivity index (χ4v) is 2.94. The average Bonchev–Trinajstić information content (AvgIpc) is 1.85. The van der Waals surface area contributed by atoms with Crippen molar-refractivity contribution in [3.8, 4) is 0 Å². The standard InChI is InChI=1S/C10H14Se/c1-10(2,3)11-9-7-5-4-6-8-9/h4-8H,1-3H3. The topological polar surface area (TPSA) is 0 Å². The molecule has 60 valence electrons. The molecule has 0 saturated heterocycles. The molecule has 11 heavy (non-hydrogen) atoms. The summed E-state index contributed by atoms with van der Waals surface area (Å²) in [7, 11) is 0. The molecule has 1 heteroatoms. The average molecular weight is 213 g/mol. The van der Waals surface area contributed by atoms with Gasteiger partial charge in [0.1, 0.15) is 0 Å². The number of hydrogen-bond donors (Lipinski definition) is 0. The van der Waals surface area contributed by atoms with Gasteiger partial charge in [0.25, 0.3) is 0 Å². The molecule has 0 bridgehead atoms. The summed E-state index contributed by atoms with van der Waals surface area (Å²) < 4.78 is 1.96. The first-order valence-electron chi connectivity index (χ1n) is 3.82. The van der Waals surface area contributed by atoms with Gasteiger partial charge in [-0.1, -0.05) is 0 Å². The molecule has 0 fully saturated rings. The van der Waals surface area contributed by atoms with Crippen molar-refractivity contribution in [2.75, 3.05) is 0 Å². The van der Waals surface area contributed by atoms with Gasteiger partial charge in [-0.25, -0.2) is 0 Å². The van der Waals surface area contributed by atoms with Crippen LogP contribution in [-0.2, 0) is 0 Å². The Morgan fingerprint density at radius 2 is 1.55 bits per heavy atom. The Morgan fingerprint density at radius 1 is 1.00 bits per heavy atom. The van der Waals surface area contributed by atoms with Crippen molar-refractivity contribution in [1.82, 2.24) is 0 Å². The summed E-state index contributed by atoms with van der Waals surface area (Å²) in [6, 6.07) is 10.7. The van der Waals surface area contributed by atoms with E-state index in [0.29, 0.717) is 19.3 Å². The molecule has 1 aromatic carbocycles. The van der Waals surface area contributed by atoms with Crippen molar-refractivity contribution >= 4 is 19.4 Å². The van der Waals surface area contributed by atoms with Gasteiger partial charge in [-0.2, -0.15) is 0 Å². The van der Waals surface area contributed by atoms with Gasteiger partial charge in [-0.15, -0.1) is 0 Å². The maximum absolute atomic E-state index is 2.29. The van der Waals surface area contributed by atoms with E-state index in [9.17, 15) is 0 Å². The molecule has 0 aliphatic carbocycles. The van der Waals surface area contributed by atoms with E-state index in [2.05, 4.69) is 51.1 Å². The second-order valence-corrected chi connectivity index (χ2v) is 7.51. The van der Waals surface area contributed by atoms with Crippen LogP contribution in [0.5, 0.6) is 0 Å². The first kappa shape index (κ1) is 8.83. The van der Waals surface area contributed by atoms with Gasteiger partial charge < -0.3 is 0 Å². The van der Waals surface area contributed by atoms with E-state index < -0.39 is 0 Å². The van der Waals surface area contributed by atoms with Crippen molar-refractivity contribution < 1.29 is 0 Å². The fourth-order valence-electron chi connectivity index (χ4n) is 0.842. The van der Waals surface area contributed by atoms with Crippen LogP contribution in [0.15, 0.2) is 30.3 Å². The zero-order valence-corrected chi connectivity index (χ0v) is 9.01. The number of rotatable bonds is 1. The molecule has 0 radical (unpaired) electrons. The summed E-state index contributed by atoms with van der Waals surface area (Å²) in [5.41, 5.74) is 0. The minimum absolute atomic E-state index is 0.467.